The first kappa shape index (κ1) is 37.8. The highest BCUT2D eigenvalue weighted by Crippen LogP contribution is 2.64. The molecule has 7 atom stereocenters. The number of aliphatic hydroxyl groups is 3. The molecule has 7 rings (SSSR count). The fraction of sp³-hybridized carbons (Fsp3) is 0.316. The number of benzene rings is 3. The van der Waals surface area contributed by atoms with E-state index in [0.717, 1.165) is 42.5 Å². The van der Waals surface area contributed by atoms with E-state index in [-0.39, 0.29) is 17.5 Å². The lowest BCUT2D eigenvalue weighted by Crippen LogP contribution is -2.90. The molecule has 1 saturated carbocycles. The van der Waals surface area contributed by atoms with E-state index in [0.29, 0.717) is 5.56 Å². The Morgan fingerprint density at radius 1 is 0.907 bits per heavy atom. The lowest BCUT2D eigenvalue weighted by atomic mass is 9.49. The zero-order valence-electron chi connectivity index (χ0n) is 28.6. The molecular formula is C38H37NO15. The second kappa shape index (κ2) is 13.8. The van der Waals surface area contributed by atoms with Crippen LogP contribution in [0.5, 0.6) is 23.0 Å². The van der Waals surface area contributed by atoms with Crippen LogP contribution in [0, 0.1) is 11.8 Å². The third-order valence-corrected chi connectivity index (χ3v) is 10.5. The number of carboxylic acids is 1. The van der Waals surface area contributed by atoms with Crippen LogP contribution >= 0.6 is 0 Å². The van der Waals surface area contributed by atoms with Gasteiger partial charge in [0.1, 0.15) is 12.2 Å². The smallest absolute Gasteiger partial charge is 0.336 e. The van der Waals surface area contributed by atoms with Crippen LogP contribution in [0.25, 0.3) is 6.08 Å². The number of phenols is 4. The number of carbonyl (C=O) groups excluding carboxylic acids is 3. The Labute approximate surface area is 306 Å². The van der Waals surface area contributed by atoms with Gasteiger partial charge in [0, 0.05) is 24.0 Å². The maximum absolute atomic E-state index is 13.9. The summed E-state index contributed by atoms with van der Waals surface area (Å²) in [6.07, 6.45) is -1.49. The molecule has 1 spiro atoms. The van der Waals surface area contributed by atoms with E-state index in [4.69, 9.17) is 14.2 Å². The number of esters is 2. The van der Waals surface area contributed by atoms with E-state index < -0.39 is 112 Å². The number of ketones is 1. The molecule has 0 radical (unpaired) electrons. The van der Waals surface area contributed by atoms with Crippen molar-refractivity contribution in [1.29, 1.82) is 0 Å². The number of aliphatic hydroxyl groups excluding tert-OH is 1. The predicted molar refractivity (Wildman–Crippen MR) is 184 cm³/mol. The summed E-state index contributed by atoms with van der Waals surface area (Å²) in [6, 6.07) is 14.8. The molecule has 3 aromatic carbocycles. The number of hydrogen-bond acceptors (Lipinski definition) is 15. The Balaban J connectivity index is 1.53. The maximum Gasteiger partial charge on any atom is 0.336 e. The van der Waals surface area contributed by atoms with Crippen molar-refractivity contribution < 1.29 is 74.2 Å². The molecule has 1 saturated heterocycles. The highest BCUT2D eigenvalue weighted by molar-refractivity contribution is 6.06. The van der Waals surface area contributed by atoms with Crippen molar-refractivity contribution in [2.24, 2.45) is 11.8 Å². The van der Waals surface area contributed by atoms with Gasteiger partial charge in [0.05, 0.1) is 12.5 Å². The minimum atomic E-state index is -2.93. The summed E-state index contributed by atoms with van der Waals surface area (Å²) in [6.45, 7) is -0.397. The van der Waals surface area contributed by atoms with Crippen LogP contribution in [-0.4, -0.2) is 107 Å². The summed E-state index contributed by atoms with van der Waals surface area (Å²) in [4.78, 5) is 54.2. The van der Waals surface area contributed by atoms with Crippen molar-refractivity contribution in [2.75, 3.05) is 13.7 Å². The van der Waals surface area contributed by atoms with Crippen molar-refractivity contribution in [1.82, 2.24) is 5.32 Å². The van der Waals surface area contributed by atoms with Crippen LogP contribution in [0.2, 0.25) is 0 Å². The Bertz CT molecular complexity index is 2070. The van der Waals surface area contributed by atoms with Gasteiger partial charge in [-0.1, -0.05) is 36.4 Å². The van der Waals surface area contributed by atoms with E-state index in [1.54, 1.807) is 30.3 Å². The average Bonchev–Trinajstić information content (AvgIpc) is 3.13. The average molecular weight is 748 g/mol. The van der Waals surface area contributed by atoms with Gasteiger partial charge in [-0.05, 0) is 67.1 Å². The number of nitrogens with one attached hydrogen (secondary N) is 1. The van der Waals surface area contributed by atoms with Crippen LogP contribution in [0.15, 0.2) is 84.6 Å². The Morgan fingerprint density at radius 3 is 2.19 bits per heavy atom. The van der Waals surface area contributed by atoms with Gasteiger partial charge in [-0.2, -0.15) is 0 Å². The number of ether oxygens (including phenoxy) is 3. The molecule has 2 aliphatic carbocycles. The number of fused-ring (bicyclic) bond motifs is 1. The zero-order chi connectivity index (χ0) is 39.2. The normalized spacial score (nSPS) is 29.9. The first-order valence-electron chi connectivity index (χ1n) is 16.6. The topological polar surface area (TPSA) is 270 Å². The Kier molecular flexibility index (Phi) is 9.66. The number of phenolic OH excluding ortho intramolecular Hbond substituents is 4. The van der Waals surface area contributed by atoms with Gasteiger partial charge in [0.25, 0.3) is 0 Å². The molecule has 2 fully saturated rings. The van der Waals surface area contributed by atoms with Crippen molar-refractivity contribution in [2.45, 2.75) is 47.9 Å². The monoisotopic (exact) mass is 747 g/mol. The van der Waals surface area contributed by atoms with Gasteiger partial charge in [-0.15, -0.1) is 0 Å². The molecule has 2 heterocycles. The molecule has 284 valence electrons. The van der Waals surface area contributed by atoms with Crippen LogP contribution < -0.4 is 5.32 Å². The van der Waals surface area contributed by atoms with Crippen LogP contribution in [0.4, 0.5) is 0 Å². The van der Waals surface area contributed by atoms with E-state index in [2.05, 4.69) is 5.32 Å². The molecule has 0 aromatic heterocycles. The van der Waals surface area contributed by atoms with E-state index in [1.165, 1.54) is 19.2 Å². The number of carboxylic acid groups (broad SMARTS) is 1. The van der Waals surface area contributed by atoms with Crippen molar-refractivity contribution in [3.63, 3.8) is 0 Å². The highest BCUT2D eigenvalue weighted by atomic mass is 16.6. The fourth-order valence-corrected chi connectivity index (χ4v) is 7.81. The molecule has 4 aliphatic rings. The maximum atomic E-state index is 13.9. The molecule has 2 aliphatic heterocycles. The lowest BCUT2D eigenvalue weighted by Gasteiger charge is -2.69. The molecule has 3 aromatic rings. The number of Topliss-reactive ketones (excluding diaryl/α,β-unsaturated/α-hetero) is 1. The summed E-state index contributed by atoms with van der Waals surface area (Å²) < 4.78 is 18.2. The third-order valence-electron chi connectivity index (χ3n) is 10.5. The number of hydrogen-bond donors (Lipinski definition) is 9. The molecule has 7 unspecified atom stereocenters. The molecule has 9 N–H and O–H groups in total. The van der Waals surface area contributed by atoms with Crippen LogP contribution in [-0.2, 0) is 35.0 Å². The molecular weight excluding hydrogens is 710 g/mol. The quantitative estimate of drug-likeness (QED) is 0.0338. The van der Waals surface area contributed by atoms with Gasteiger partial charge in [-0.3, -0.25) is 14.9 Å². The molecule has 16 heteroatoms. The third kappa shape index (κ3) is 5.98. The van der Waals surface area contributed by atoms with Gasteiger partial charge >= 0.3 is 17.9 Å². The predicted octanol–water partition coefficient (Wildman–Crippen LogP) is 1.82. The summed E-state index contributed by atoms with van der Waals surface area (Å²) in [7, 11) is 1.27. The van der Waals surface area contributed by atoms with Crippen molar-refractivity contribution in [3.05, 3.63) is 101 Å². The van der Waals surface area contributed by atoms with Crippen molar-refractivity contribution >= 4 is 29.8 Å². The standard InChI is InChI=1S/C38H37NO15/c1-39-38(51)23-16-30(45)36(52-18-23)19-35(50,34(48)49)24(13-20-5-3-2-4-6-20)33(53-32(47)17-27(42)22-9-11-26(41)29(44)15-22)37(36,38)54-31(46)12-8-21-7-10-25(40)28(43)14-21/h2-12,14-16,23-24,33,39-41,43-45,50-51H,13,17-19H2,1H3,(H,48,49). The van der Waals surface area contributed by atoms with E-state index >= 15 is 0 Å². The van der Waals surface area contributed by atoms with Crippen LogP contribution in [0.1, 0.15) is 34.3 Å². The number of carbonyl (C=O) groups is 4. The highest BCUT2D eigenvalue weighted by Gasteiger charge is 2.85. The second-order valence-corrected chi connectivity index (χ2v) is 13.5. The van der Waals surface area contributed by atoms with Gasteiger partial charge in [-0.25, -0.2) is 9.59 Å². The van der Waals surface area contributed by atoms with Gasteiger partial charge in [0.15, 0.2) is 51.8 Å². The fourth-order valence-electron chi connectivity index (χ4n) is 7.81. The molecule has 2 bridgehead atoms. The summed E-state index contributed by atoms with van der Waals surface area (Å²) >= 11 is 0. The Morgan fingerprint density at radius 2 is 1.57 bits per heavy atom. The minimum absolute atomic E-state index is 0.204. The second-order valence-electron chi connectivity index (χ2n) is 13.5. The first-order valence-corrected chi connectivity index (χ1v) is 16.6. The minimum Gasteiger partial charge on any atom is -0.509 e. The lowest BCUT2D eigenvalue weighted by molar-refractivity contribution is -0.387. The molecule has 54 heavy (non-hydrogen) atoms. The summed E-state index contributed by atoms with van der Waals surface area (Å²) in [5.74, 6) is -11.3. The molecule has 16 nitrogen and oxygen atoms in total. The van der Waals surface area contributed by atoms with Gasteiger partial charge in [0.2, 0.25) is 5.60 Å². The summed E-state index contributed by atoms with van der Waals surface area (Å²) in [5, 5.41) is 89.1. The first-order chi connectivity index (χ1) is 25.5. The number of aliphatic carboxylic acids is 1. The van der Waals surface area contributed by atoms with Crippen LogP contribution in [0.3, 0.4) is 0 Å². The Hall–Kier alpha value is -5.94. The number of aromatic hydroxyl groups is 4. The van der Waals surface area contributed by atoms with Crippen molar-refractivity contribution in [3.8, 4) is 23.0 Å². The zero-order valence-corrected chi connectivity index (χ0v) is 28.6. The summed E-state index contributed by atoms with van der Waals surface area (Å²) in [5.41, 5.74) is -10.4. The number of rotatable bonds is 11. The largest absolute Gasteiger partial charge is 0.509 e. The van der Waals surface area contributed by atoms with E-state index in [9.17, 15) is 60.0 Å². The van der Waals surface area contributed by atoms with Gasteiger partial charge < -0.3 is 55.1 Å². The van der Waals surface area contributed by atoms with E-state index in [1.807, 2.05) is 0 Å². The molecule has 0 amide bonds. The number of likely N-dealkylation sites (N-methyl/N-ethyl adjacent to an activating group) is 1. The SMILES string of the molecule is CNC1(O)C2C=C(O)C3(CC(O)(C(=O)O)C(Cc4ccccc4)C(OC(=O)CC(=O)c4ccc(O)c(O)c4)C31OC(=O)C=Cc1ccc(O)c(O)c1)OC2.